The van der Waals surface area contributed by atoms with Crippen LogP contribution < -0.4 is 11.1 Å². The van der Waals surface area contributed by atoms with Gasteiger partial charge in [-0.3, -0.25) is 14.5 Å². The second-order valence-electron chi connectivity index (χ2n) is 6.84. The highest BCUT2D eigenvalue weighted by Crippen LogP contribution is 2.27. The minimum absolute atomic E-state index is 0.00604. The molecular formula is C20H22F2N4O2S. The Morgan fingerprint density at radius 1 is 1.24 bits per heavy atom. The molecule has 3 rings (SSSR count). The number of alkyl halides is 2. The molecule has 3 N–H and O–H groups in total. The number of nitrogens with zero attached hydrogens (tertiary/aromatic N) is 2. The lowest BCUT2D eigenvalue weighted by Gasteiger charge is -2.30. The Hall–Kier alpha value is -2.52. The molecule has 2 aromatic rings. The quantitative estimate of drug-likeness (QED) is 0.671. The number of likely N-dealkylation sites (tertiary alicyclic amines) is 1. The highest BCUT2D eigenvalue weighted by atomic mass is 32.2. The average molecular weight is 420 g/mol. The summed E-state index contributed by atoms with van der Waals surface area (Å²) >= 11 is 0.248. The zero-order valence-corrected chi connectivity index (χ0v) is 16.5. The lowest BCUT2D eigenvalue weighted by Crippen LogP contribution is -2.38. The van der Waals surface area contributed by atoms with Gasteiger partial charge in [0.25, 0.3) is 11.7 Å². The number of primary amides is 1. The van der Waals surface area contributed by atoms with Gasteiger partial charge in [0, 0.05) is 24.3 Å². The summed E-state index contributed by atoms with van der Waals surface area (Å²) in [5.74, 6) is -3.44. The van der Waals surface area contributed by atoms with Crippen LogP contribution >= 0.6 is 11.8 Å². The first-order chi connectivity index (χ1) is 13.9. The molecule has 0 spiro atoms. The average Bonchev–Trinajstić information content (AvgIpc) is 2.68. The lowest BCUT2D eigenvalue weighted by molar-refractivity contribution is -0.123. The Bertz CT molecular complexity index is 873. The molecule has 1 saturated heterocycles. The Kier molecular flexibility index (Phi) is 7.16. The molecule has 2 amide bonds. The van der Waals surface area contributed by atoms with E-state index in [1.165, 1.54) is 18.3 Å². The van der Waals surface area contributed by atoms with E-state index in [1.54, 1.807) is 6.07 Å². The molecular weight excluding hydrogens is 398 g/mol. The molecule has 29 heavy (non-hydrogen) atoms. The molecule has 0 saturated carbocycles. The summed E-state index contributed by atoms with van der Waals surface area (Å²) < 4.78 is 25.4. The van der Waals surface area contributed by atoms with Gasteiger partial charge in [0.1, 0.15) is 5.03 Å². The van der Waals surface area contributed by atoms with Gasteiger partial charge in [-0.05, 0) is 67.5 Å². The standard InChI is InChI=1S/C20H22F2N4O2S/c21-20(22)29-19-16(5-2-8-24-19)18(28)25-15-4-1-3-13(11-15)12-26-9-6-14(7-10-26)17(23)27/h1-5,8,11,14,20H,6-7,9-10,12H2,(H2,23,27)(H,25,28). The van der Waals surface area contributed by atoms with Crippen molar-refractivity contribution in [1.82, 2.24) is 9.88 Å². The molecule has 0 bridgehead atoms. The molecule has 2 heterocycles. The number of nitrogens with two attached hydrogens (primary N) is 1. The van der Waals surface area contributed by atoms with Crippen LogP contribution in [-0.4, -0.2) is 40.5 Å². The van der Waals surface area contributed by atoms with Crippen LogP contribution in [0, 0.1) is 5.92 Å². The summed E-state index contributed by atoms with van der Waals surface area (Å²) in [6.45, 7) is 2.26. The fraction of sp³-hybridized carbons (Fsp3) is 0.350. The predicted molar refractivity (Wildman–Crippen MR) is 108 cm³/mol. The first-order valence-corrected chi connectivity index (χ1v) is 10.1. The number of pyridine rings is 1. The molecule has 0 radical (unpaired) electrons. The SMILES string of the molecule is NC(=O)C1CCN(Cc2cccc(NC(=O)c3cccnc3SC(F)F)c2)CC1. The van der Waals surface area contributed by atoms with Crippen molar-refractivity contribution in [2.24, 2.45) is 11.7 Å². The highest BCUT2D eigenvalue weighted by molar-refractivity contribution is 7.99. The number of aromatic nitrogens is 1. The van der Waals surface area contributed by atoms with Crippen molar-refractivity contribution in [2.75, 3.05) is 18.4 Å². The molecule has 0 unspecified atom stereocenters. The minimum Gasteiger partial charge on any atom is -0.369 e. The second-order valence-corrected chi connectivity index (χ2v) is 7.82. The van der Waals surface area contributed by atoms with Crippen molar-refractivity contribution in [3.05, 3.63) is 53.7 Å². The maximum Gasteiger partial charge on any atom is 0.290 e. The molecule has 0 aliphatic carbocycles. The fourth-order valence-electron chi connectivity index (χ4n) is 3.32. The van der Waals surface area contributed by atoms with Crippen LogP contribution in [0.1, 0.15) is 28.8 Å². The first-order valence-electron chi connectivity index (χ1n) is 9.24. The van der Waals surface area contributed by atoms with E-state index < -0.39 is 11.7 Å². The monoisotopic (exact) mass is 420 g/mol. The van der Waals surface area contributed by atoms with Gasteiger partial charge in [0.05, 0.1) is 5.56 Å². The maximum atomic E-state index is 12.7. The van der Waals surface area contributed by atoms with E-state index in [0.717, 1.165) is 31.5 Å². The van der Waals surface area contributed by atoms with Crippen LogP contribution in [0.15, 0.2) is 47.6 Å². The summed E-state index contributed by atoms with van der Waals surface area (Å²) in [6, 6.07) is 10.4. The third-order valence-electron chi connectivity index (χ3n) is 4.80. The first kappa shape index (κ1) is 21.2. The van der Waals surface area contributed by atoms with E-state index >= 15 is 0 Å². The molecule has 6 nitrogen and oxygen atoms in total. The number of hydrogen-bond acceptors (Lipinski definition) is 5. The van der Waals surface area contributed by atoms with Crippen molar-refractivity contribution < 1.29 is 18.4 Å². The molecule has 1 aromatic carbocycles. The Morgan fingerprint density at radius 3 is 2.69 bits per heavy atom. The van der Waals surface area contributed by atoms with Crippen LogP contribution in [0.5, 0.6) is 0 Å². The van der Waals surface area contributed by atoms with Crippen molar-refractivity contribution in [1.29, 1.82) is 0 Å². The normalized spacial score (nSPS) is 15.4. The Balaban J connectivity index is 1.63. The number of rotatable bonds is 7. The summed E-state index contributed by atoms with van der Waals surface area (Å²) in [5.41, 5.74) is 7.07. The van der Waals surface area contributed by atoms with Crippen molar-refractivity contribution in [3.63, 3.8) is 0 Å². The van der Waals surface area contributed by atoms with Gasteiger partial charge in [0.2, 0.25) is 5.91 Å². The van der Waals surface area contributed by atoms with Gasteiger partial charge in [-0.2, -0.15) is 8.78 Å². The van der Waals surface area contributed by atoms with E-state index in [0.29, 0.717) is 12.2 Å². The smallest absolute Gasteiger partial charge is 0.290 e. The summed E-state index contributed by atoms with van der Waals surface area (Å²) in [6.07, 6.45) is 2.87. The van der Waals surface area contributed by atoms with E-state index in [1.807, 2.05) is 18.2 Å². The van der Waals surface area contributed by atoms with Crippen molar-refractivity contribution in [3.8, 4) is 0 Å². The number of hydrogen-bond donors (Lipinski definition) is 2. The van der Waals surface area contributed by atoms with Gasteiger partial charge < -0.3 is 11.1 Å². The lowest BCUT2D eigenvalue weighted by atomic mass is 9.96. The number of carbonyl (C=O) groups is 2. The van der Waals surface area contributed by atoms with E-state index in [4.69, 9.17) is 5.73 Å². The summed E-state index contributed by atoms with van der Waals surface area (Å²) in [7, 11) is 0. The van der Waals surface area contributed by atoms with E-state index in [-0.39, 0.29) is 34.2 Å². The van der Waals surface area contributed by atoms with Gasteiger partial charge in [0.15, 0.2) is 0 Å². The largest absolute Gasteiger partial charge is 0.369 e. The van der Waals surface area contributed by atoms with Gasteiger partial charge >= 0.3 is 0 Å². The fourth-order valence-corrected chi connectivity index (χ4v) is 3.90. The summed E-state index contributed by atoms with van der Waals surface area (Å²) in [5, 5.41) is 2.75. The predicted octanol–water partition coefficient (Wildman–Crippen LogP) is 3.35. The van der Waals surface area contributed by atoms with Gasteiger partial charge in [-0.25, -0.2) is 4.98 Å². The van der Waals surface area contributed by atoms with E-state index in [9.17, 15) is 18.4 Å². The minimum atomic E-state index is -2.65. The topological polar surface area (TPSA) is 88.3 Å². The zero-order chi connectivity index (χ0) is 20.8. The van der Waals surface area contributed by atoms with Crippen LogP contribution in [-0.2, 0) is 11.3 Å². The van der Waals surface area contributed by atoms with Crippen LogP contribution in [0.4, 0.5) is 14.5 Å². The maximum absolute atomic E-state index is 12.7. The molecule has 1 aliphatic rings. The third-order valence-corrected chi connectivity index (χ3v) is 5.52. The number of piperidine rings is 1. The zero-order valence-electron chi connectivity index (χ0n) is 15.7. The molecule has 0 atom stereocenters. The summed E-state index contributed by atoms with van der Waals surface area (Å²) in [4.78, 5) is 29.9. The number of anilines is 1. The molecule has 9 heteroatoms. The number of halogens is 2. The number of nitrogens with one attached hydrogen (secondary N) is 1. The number of benzene rings is 1. The van der Waals surface area contributed by atoms with Crippen LogP contribution in [0.25, 0.3) is 0 Å². The van der Waals surface area contributed by atoms with Gasteiger partial charge in [-0.1, -0.05) is 12.1 Å². The molecule has 1 aliphatic heterocycles. The Morgan fingerprint density at radius 2 is 2.00 bits per heavy atom. The number of amides is 2. The van der Waals surface area contributed by atoms with Gasteiger partial charge in [-0.15, -0.1) is 0 Å². The van der Waals surface area contributed by atoms with Crippen molar-refractivity contribution >= 4 is 29.3 Å². The second kappa shape index (κ2) is 9.80. The number of carbonyl (C=O) groups excluding carboxylic acids is 2. The third kappa shape index (κ3) is 5.98. The Labute approximate surface area is 171 Å². The van der Waals surface area contributed by atoms with Crippen molar-refractivity contribution in [2.45, 2.75) is 30.2 Å². The molecule has 154 valence electrons. The molecule has 1 fully saturated rings. The molecule has 1 aromatic heterocycles. The van der Waals surface area contributed by atoms with Crippen LogP contribution in [0.3, 0.4) is 0 Å². The van der Waals surface area contributed by atoms with E-state index in [2.05, 4.69) is 15.2 Å². The highest BCUT2D eigenvalue weighted by Gasteiger charge is 2.23. The number of thioether (sulfide) groups is 1. The van der Waals surface area contributed by atoms with Crippen LogP contribution in [0.2, 0.25) is 0 Å².